The number of hydrogen-bond acceptors (Lipinski definition) is 4. The third kappa shape index (κ3) is 1.57. The molecule has 0 saturated heterocycles. The van der Waals surface area contributed by atoms with Crippen molar-refractivity contribution in [3.05, 3.63) is 27.4 Å². The summed E-state index contributed by atoms with van der Waals surface area (Å²) in [6.45, 7) is 0.784. The molecule has 0 spiro atoms. The van der Waals surface area contributed by atoms with Crippen LogP contribution < -0.4 is 11.4 Å². The van der Waals surface area contributed by atoms with Gasteiger partial charge in [-0.05, 0) is 32.1 Å². The lowest BCUT2D eigenvalue weighted by molar-refractivity contribution is 0.489. The average Bonchev–Trinajstić information content (AvgIpc) is 2.38. The smallest absolute Gasteiger partial charge is 0.262 e. The van der Waals surface area contributed by atoms with Gasteiger partial charge in [-0.3, -0.25) is 9.36 Å². The SMILES string of the molecule is NN=C1CCCc2nc3n(c(=O)c21)CCCC3. The third-order valence-corrected chi connectivity index (χ3v) is 3.63. The summed E-state index contributed by atoms with van der Waals surface area (Å²) in [6.07, 6.45) is 5.75. The molecule has 0 fully saturated rings. The number of aryl methyl sites for hydroxylation is 2. The maximum atomic E-state index is 12.4. The number of hydrazone groups is 1. The van der Waals surface area contributed by atoms with Crippen molar-refractivity contribution in [2.24, 2.45) is 10.9 Å². The molecule has 0 saturated carbocycles. The van der Waals surface area contributed by atoms with Gasteiger partial charge >= 0.3 is 0 Å². The van der Waals surface area contributed by atoms with Gasteiger partial charge in [0, 0.05) is 13.0 Å². The Morgan fingerprint density at radius 3 is 2.88 bits per heavy atom. The number of rotatable bonds is 0. The first kappa shape index (κ1) is 10.5. The summed E-state index contributed by atoms with van der Waals surface area (Å²) in [4.78, 5) is 17.1. The molecule has 2 aliphatic rings. The summed E-state index contributed by atoms with van der Waals surface area (Å²) >= 11 is 0. The Balaban J connectivity index is 2.26. The van der Waals surface area contributed by atoms with Gasteiger partial charge in [0.05, 0.1) is 17.0 Å². The van der Waals surface area contributed by atoms with Crippen LogP contribution in [0.4, 0.5) is 0 Å². The van der Waals surface area contributed by atoms with Gasteiger partial charge < -0.3 is 5.84 Å². The van der Waals surface area contributed by atoms with Crippen LogP contribution in [0.25, 0.3) is 0 Å². The molecule has 3 rings (SSSR count). The first-order chi connectivity index (χ1) is 8.31. The van der Waals surface area contributed by atoms with E-state index in [0.717, 1.165) is 62.3 Å². The first-order valence-electron chi connectivity index (χ1n) is 6.21. The van der Waals surface area contributed by atoms with E-state index in [2.05, 4.69) is 10.1 Å². The van der Waals surface area contributed by atoms with E-state index in [9.17, 15) is 4.79 Å². The second-order valence-corrected chi connectivity index (χ2v) is 4.69. The van der Waals surface area contributed by atoms with E-state index in [1.807, 2.05) is 0 Å². The third-order valence-electron chi connectivity index (χ3n) is 3.63. The van der Waals surface area contributed by atoms with Gasteiger partial charge in [0.15, 0.2) is 0 Å². The number of aromatic nitrogens is 2. The molecule has 5 nitrogen and oxygen atoms in total. The Kier molecular flexibility index (Phi) is 2.46. The highest BCUT2D eigenvalue weighted by Gasteiger charge is 2.24. The van der Waals surface area contributed by atoms with Gasteiger partial charge in [0.1, 0.15) is 5.82 Å². The molecule has 2 heterocycles. The minimum atomic E-state index is 0.0635. The topological polar surface area (TPSA) is 73.3 Å². The standard InChI is InChI=1S/C12H16N4O/c13-15-9-5-3-4-8-11(9)12(17)16-7-2-1-6-10(16)14-8/h1-7,13H2. The molecule has 1 aromatic heterocycles. The molecule has 2 N–H and O–H groups in total. The van der Waals surface area contributed by atoms with E-state index >= 15 is 0 Å². The van der Waals surface area contributed by atoms with E-state index in [1.165, 1.54) is 0 Å². The van der Waals surface area contributed by atoms with Crippen molar-refractivity contribution < 1.29 is 0 Å². The van der Waals surface area contributed by atoms with Crippen LogP contribution in [0.15, 0.2) is 9.90 Å². The maximum Gasteiger partial charge on any atom is 0.262 e. The number of nitrogens with zero attached hydrogens (tertiary/aromatic N) is 3. The van der Waals surface area contributed by atoms with Crippen molar-refractivity contribution in [2.75, 3.05) is 0 Å². The van der Waals surface area contributed by atoms with E-state index in [0.29, 0.717) is 5.56 Å². The van der Waals surface area contributed by atoms with Crippen LogP contribution in [-0.2, 0) is 19.4 Å². The summed E-state index contributed by atoms with van der Waals surface area (Å²) in [5, 5.41) is 3.76. The van der Waals surface area contributed by atoms with Crippen LogP contribution >= 0.6 is 0 Å². The average molecular weight is 232 g/mol. The fourth-order valence-electron chi connectivity index (χ4n) is 2.77. The van der Waals surface area contributed by atoms with Gasteiger partial charge in [0.25, 0.3) is 5.56 Å². The highest BCUT2D eigenvalue weighted by molar-refractivity contribution is 6.01. The predicted octanol–water partition coefficient (Wildman–Crippen LogP) is 0.579. The largest absolute Gasteiger partial charge is 0.323 e. The second-order valence-electron chi connectivity index (χ2n) is 4.69. The lowest BCUT2D eigenvalue weighted by atomic mass is 9.94. The molecule has 0 bridgehead atoms. The summed E-state index contributed by atoms with van der Waals surface area (Å²) in [5.74, 6) is 6.32. The Hall–Kier alpha value is -1.65. The minimum Gasteiger partial charge on any atom is -0.323 e. The number of hydrogen-bond donors (Lipinski definition) is 1. The van der Waals surface area contributed by atoms with Crippen LogP contribution in [0, 0.1) is 0 Å². The van der Waals surface area contributed by atoms with Gasteiger partial charge in [-0.2, -0.15) is 5.10 Å². The van der Waals surface area contributed by atoms with E-state index in [4.69, 9.17) is 5.84 Å². The van der Waals surface area contributed by atoms with E-state index < -0.39 is 0 Å². The fraction of sp³-hybridized carbons (Fsp3) is 0.583. The lowest BCUT2D eigenvalue weighted by Gasteiger charge is -2.23. The monoisotopic (exact) mass is 232 g/mol. The quantitative estimate of drug-likeness (QED) is 0.525. The number of nitrogens with two attached hydrogens (primary N) is 1. The van der Waals surface area contributed by atoms with Crippen LogP contribution in [-0.4, -0.2) is 15.3 Å². The fourth-order valence-corrected chi connectivity index (χ4v) is 2.77. The highest BCUT2D eigenvalue weighted by atomic mass is 16.1. The molecule has 1 aromatic rings. The van der Waals surface area contributed by atoms with Crippen LogP contribution in [0.1, 0.15) is 42.8 Å². The van der Waals surface area contributed by atoms with E-state index in [1.54, 1.807) is 4.57 Å². The van der Waals surface area contributed by atoms with Gasteiger partial charge in [-0.1, -0.05) is 0 Å². The first-order valence-corrected chi connectivity index (χ1v) is 6.21. The molecular formula is C12H16N4O. The van der Waals surface area contributed by atoms with Crippen LogP contribution in [0.2, 0.25) is 0 Å². The van der Waals surface area contributed by atoms with Crippen molar-refractivity contribution in [1.29, 1.82) is 0 Å². The van der Waals surface area contributed by atoms with Gasteiger partial charge in [-0.15, -0.1) is 0 Å². The van der Waals surface area contributed by atoms with Crippen LogP contribution in [0.5, 0.6) is 0 Å². The van der Waals surface area contributed by atoms with Gasteiger partial charge in [-0.25, -0.2) is 4.98 Å². The lowest BCUT2D eigenvalue weighted by Crippen LogP contribution is -2.36. The van der Waals surface area contributed by atoms with Crippen molar-refractivity contribution in [1.82, 2.24) is 9.55 Å². The minimum absolute atomic E-state index is 0.0635. The molecular weight excluding hydrogens is 216 g/mol. The van der Waals surface area contributed by atoms with Crippen molar-refractivity contribution in [2.45, 2.75) is 45.1 Å². The molecule has 5 heteroatoms. The molecule has 0 unspecified atom stereocenters. The molecule has 0 amide bonds. The van der Waals surface area contributed by atoms with Gasteiger partial charge in [0.2, 0.25) is 0 Å². The molecule has 0 atom stereocenters. The van der Waals surface area contributed by atoms with Crippen molar-refractivity contribution in [3.63, 3.8) is 0 Å². The Labute approximate surface area is 99.4 Å². The Morgan fingerprint density at radius 2 is 2.06 bits per heavy atom. The zero-order valence-electron chi connectivity index (χ0n) is 9.78. The summed E-state index contributed by atoms with van der Waals surface area (Å²) in [7, 11) is 0. The summed E-state index contributed by atoms with van der Waals surface area (Å²) in [6, 6.07) is 0. The van der Waals surface area contributed by atoms with Crippen molar-refractivity contribution in [3.8, 4) is 0 Å². The molecule has 90 valence electrons. The molecule has 1 aliphatic carbocycles. The molecule has 0 radical (unpaired) electrons. The second kappa shape index (κ2) is 3.98. The van der Waals surface area contributed by atoms with Crippen molar-refractivity contribution >= 4 is 5.71 Å². The number of fused-ring (bicyclic) bond motifs is 2. The summed E-state index contributed by atoms with van der Waals surface area (Å²) < 4.78 is 1.80. The Bertz CT molecular complexity index is 544. The maximum absolute atomic E-state index is 12.4. The zero-order chi connectivity index (χ0) is 11.8. The van der Waals surface area contributed by atoms with Crippen LogP contribution in [0.3, 0.4) is 0 Å². The molecule has 0 aromatic carbocycles. The predicted molar refractivity (Wildman–Crippen MR) is 65.1 cm³/mol. The zero-order valence-corrected chi connectivity index (χ0v) is 9.78. The molecule has 1 aliphatic heterocycles. The summed E-state index contributed by atoms with van der Waals surface area (Å²) in [5.41, 5.74) is 2.36. The van der Waals surface area contributed by atoms with E-state index in [-0.39, 0.29) is 5.56 Å². The molecule has 17 heavy (non-hydrogen) atoms. The Morgan fingerprint density at radius 1 is 1.18 bits per heavy atom. The highest BCUT2D eigenvalue weighted by Crippen LogP contribution is 2.19. The normalized spacial score (nSPS) is 21.1.